The number of nitrogens with zero attached hydrogens (tertiary/aromatic N) is 2. The average molecular weight is 508 g/mol. The zero-order valence-electron chi connectivity index (χ0n) is 17.0. The monoisotopic (exact) mass is 508 g/mol. The molecule has 1 heterocycles. The molecule has 0 spiro atoms. The van der Waals surface area contributed by atoms with Gasteiger partial charge in [-0.3, -0.25) is 9.79 Å². The van der Waals surface area contributed by atoms with Crippen molar-refractivity contribution in [2.24, 2.45) is 4.99 Å². The molecule has 0 radical (unpaired) electrons. The van der Waals surface area contributed by atoms with Crippen molar-refractivity contribution < 1.29 is 9.53 Å². The summed E-state index contributed by atoms with van der Waals surface area (Å²) in [5.41, 5.74) is 3.50. The summed E-state index contributed by atoms with van der Waals surface area (Å²) in [5, 5.41) is 6.69. The van der Waals surface area contributed by atoms with Crippen LogP contribution < -0.4 is 15.4 Å². The van der Waals surface area contributed by atoms with Crippen LogP contribution in [0.3, 0.4) is 0 Å². The first-order valence-corrected chi connectivity index (χ1v) is 9.61. The SMILES string of the molecule is CN=C(NCc1ccc(OC)cc1)NCc1ccccc1CN1CCCC1=O.I. The number of carbonyl (C=O) groups is 1. The van der Waals surface area contributed by atoms with E-state index in [0.29, 0.717) is 26.1 Å². The van der Waals surface area contributed by atoms with Gasteiger partial charge in [0.2, 0.25) is 5.91 Å². The topological polar surface area (TPSA) is 66.0 Å². The predicted octanol–water partition coefficient (Wildman–Crippen LogP) is 3.30. The van der Waals surface area contributed by atoms with E-state index in [1.54, 1.807) is 14.2 Å². The third-order valence-electron chi connectivity index (χ3n) is 4.94. The number of likely N-dealkylation sites (tertiary alicyclic amines) is 1. The number of guanidine groups is 1. The van der Waals surface area contributed by atoms with E-state index in [4.69, 9.17) is 4.74 Å². The van der Waals surface area contributed by atoms with Crippen molar-refractivity contribution in [2.75, 3.05) is 20.7 Å². The number of aliphatic imine (C=N–C) groups is 1. The Balaban J connectivity index is 0.00000300. The number of benzene rings is 2. The first-order valence-electron chi connectivity index (χ1n) is 9.61. The first-order chi connectivity index (χ1) is 13.7. The predicted molar refractivity (Wildman–Crippen MR) is 127 cm³/mol. The van der Waals surface area contributed by atoms with E-state index < -0.39 is 0 Å². The minimum atomic E-state index is 0. The molecule has 1 fully saturated rings. The molecule has 0 bridgehead atoms. The van der Waals surface area contributed by atoms with Crippen LogP contribution in [0.25, 0.3) is 0 Å². The Morgan fingerprint density at radius 2 is 1.76 bits per heavy atom. The Hall–Kier alpha value is -2.29. The molecule has 0 aliphatic carbocycles. The minimum Gasteiger partial charge on any atom is -0.497 e. The van der Waals surface area contributed by atoms with Crippen molar-refractivity contribution in [3.05, 3.63) is 65.2 Å². The molecule has 1 aliphatic heterocycles. The van der Waals surface area contributed by atoms with Gasteiger partial charge in [0.05, 0.1) is 7.11 Å². The minimum absolute atomic E-state index is 0. The maximum atomic E-state index is 11.9. The lowest BCUT2D eigenvalue weighted by atomic mass is 10.1. The van der Waals surface area contributed by atoms with E-state index in [0.717, 1.165) is 30.2 Å². The van der Waals surface area contributed by atoms with Crippen LogP contribution in [-0.2, 0) is 24.4 Å². The molecular formula is C22H29IN4O2. The molecule has 2 aromatic carbocycles. The number of hydrogen-bond acceptors (Lipinski definition) is 3. The summed E-state index contributed by atoms with van der Waals surface area (Å²) in [4.78, 5) is 18.2. The van der Waals surface area contributed by atoms with E-state index in [-0.39, 0.29) is 29.9 Å². The smallest absolute Gasteiger partial charge is 0.222 e. The van der Waals surface area contributed by atoms with Gasteiger partial charge in [0.15, 0.2) is 5.96 Å². The van der Waals surface area contributed by atoms with E-state index >= 15 is 0 Å². The molecule has 1 amide bonds. The van der Waals surface area contributed by atoms with Gasteiger partial charge in [0.25, 0.3) is 0 Å². The van der Waals surface area contributed by atoms with E-state index in [2.05, 4.69) is 27.8 Å². The van der Waals surface area contributed by atoms with Gasteiger partial charge < -0.3 is 20.3 Å². The van der Waals surface area contributed by atoms with Gasteiger partial charge >= 0.3 is 0 Å². The second kappa shape index (κ2) is 11.6. The lowest BCUT2D eigenvalue weighted by Gasteiger charge is -2.19. The van der Waals surface area contributed by atoms with E-state index in [1.807, 2.05) is 41.3 Å². The van der Waals surface area contributed by atoms with Gasteiger partial charge in [-0.25, -0.2) is 0 Å². The summed E-state index contributed by atoms with van der Waals surface area (Å²) in [6.07, 6.45) is 1.63. The van der Waals surface area contributed by atoms with Crippen LogP contribution in [0.15, 0.2) is 53.5 Å². The maximum Gasteiger partial charge on any atom is 0.222 e. The van der Waals surface area contributed by atoms with Crippen LogP contribution >= 0.6 is 24.0 Å². The Kier molecular flexibility index (Phi) is 9.24. The fourth-order valence-corrected chi connectivity index (χ4v) is 3.29. The molecule has 1 aliphatic rings. The Bertz CT molecular complexity index is 824. The van der Waals surface area contributed by atoms with Crippen LogP contribution in [0.5, 0.6) is 5.75 Å². The zero-order chi connectivity index (χ0) is 19.8. The van der Waals surface area contributed by atoms with Gasteiger partial charge in [-0.1, -0.05) is 36.4 Å². The van der Waals surface area contributed by atoms with Crippen molar-refractivity contribution in [1.29, 1.82) is 0 Å². The lowest BCUT2D eigenvalue weighted by molar-refractivity contribution is -0.128. The standard InChI is InChI=1S/C22H28N4O2.HI/c1-23-22(24-14-17-9-11-20(28-2)12-10-17)25-15-18-6-3-4-7-19(18)16-26-13-5-8-21(26)27;/h3-4,6-7,9-12H,5,8,13-16H2,1-2H3,(H2,23,24,25);1H. The van der Waals surface area contributed by atoms with Crippen molar-refractivity contribution in [3.8, 4) is 5.75 Å². The Morgan fingerprint density at radius 1 is 1.07 bits per heavy atom. The summed E-state index contributed by atoms with van der Waals surface area (Å²) >= 11 is 0. The number of halogens is 1. The Labute approximate surface area is 189 Å². The Morgan fingerprint density at radius 3 is 2.38 bits per heavy atom. The lowest BCUT2D eigenvalue weighted by Crippen LogP contribution is -2.36. The molecule has 2 N–H and O–H groups in total. The van der Waals surface area contributed by atoms with Gasteiger partial charge in [-0.05, 0) is 35.2 Å². The molecule has 3 rings (SSSR count). The molecule has 2 aromatic rings. The molecule has 0 atom stereocenters. The van der Waals surface area contributed by atoms with Gasteiger partial charge in [-0.15, -0.1) is 24.0 Å². The zero-order valence-corrected chi connectivity index (χ0v) is 19.3. The van der Waals surface area contributed by atoms with Crippen LogP contribution in [-0.4, -0.2) is 37.5 Å². The van der Waals surface area contributed by atoms with Gasteiger partial charge in [-0.2, -0.15) is 0 Å². The summed E-state index contributed by atoms with van der Waals surface area (Å²) in [6, 6.07) is 16.2. The number of methoxy groups -OCH3 is 1. The van der Waals surface area contributed by atoms with Crippen molar-refractivity contribution in [3.63, 3.8) is 0 Å². The fourth-order valence-electron chi connectivity index (χ4n) is 3.29. The summed E-state index contributed by atoms with van der Waals surface area (Å²) < 4.78 is 5.19. The molecule has 1 saturated heterocycles. The van der Waals surface area contributed by atoms with E-state index in [9.17, 15) is 4.79 Å². The number of hydrogen-bond donors (Lipinski definition) is 2. The second-order valence-electron chi connectivity index (χ2n) is 6.81. The molecule has 7 heteroatoms. The number of amides is 1. The van der Waals surface area contributed by atoms with Crippen LogP contribution in [0, 0.1) is 0 Å². The third kappa shape index (κ3) is 6.62. The molecule has 6 nitrogen and oxygen atoms in total. The number of ether oxygens (including phenoxy) is 1. The molecule has 0 unspecified atom stereocenters. The van der Waals surface area contributed by atoms with E-state index in [1.165, 1.54) is 11.1 Å². The van der Waals surface area contributed by atoms with Crippen LogP contribution in [0.4, 0.5) is 0 Å². The number of nitrogens with one attached hydrogen (secondary N) is 2. The molecular weight excluding hydrogens is 479 g/mol. The van der Waals surface area contributed by atoms with Crippen molar-refractivity contribution in [1.82, 2.24) is 15.5 Å². The van der Waals surface area contributed by atoms with Gasteiger partial charge in [0.1, 0.15) is 5.75 Å². The summed E-state index contributed by atoms with van der Waals surface area (Å²) in [5.74, 6) is 1.84. The van der Waals surface area contributed by atoms with Crippen LogP contribution in [0.2, 0.25) is 0 Å². The average Bonchev–Trinajstić information content (AvgIpc) is 3.14. The largest absolute Gasteiger partial charge is 0.497 e. The maximum absolute atomic E-state index is 11.9. The van der Waals surface area contributed by atoms with Crippen molar-refractivity contribution >= 4 is 35.8 Å². The molecule has 29 heavy (non-hydrogen) atoms. The van der Waals surface area contributed by atoms with Crippen LogP contribution in [0.1, 0.15) is 29.5 Å². The first kappa shape index (κ1) is 23.0. The van der Waals surface area contributed by atoms with Crippen molar-refractivity contribution in [2.45, 2.75) is 32.5 Å². The quantitative estimate of drug-likeness (QED) is 0.342. The van der Waals surface area contributed by atoms with Gasteiger partial charge in [0, 0.05) is 39.6 Å². The normalized spacial score (nSPS) is 13.8. The highest BCUT2D eigenvalue weighted by molar-refractivity contribution is 14.0. The molecule has 0 aromatic heterocycles. The number of carbonyl (C=O) groups excluding carboxylic acids is 1. The summed E-state index contributed by atoms with van der Waals surface area (Å²) in [7, 11) is 3.43. The highest BCUT2D eigenvalue weighted by atomic mass is 127. The highest BCUT2D eigenvalue weighted by Gasteiger charge is 2.20. The molecule has 0 saturated carbocycles. The fraction of sp³-hybridized carbons (Fsp3) is 0.364. The highest BCUT2D eigenvalue weighted by Crippen LogP contribution is 2.17. The molecule has 156 valence electrons. The third-order valence-corrected chi connectivity index (χ3v) is 4.94. The second-order valence-corrected chi connectivity index (χ2v) is 6.81. The number of rotatable bonds is 7. The summed E-state index contributed by atoms with van der Waals surface area (Å²) in [6.45, 7) is 2.86.